The third-order valence-corrected chi connectivity index (χ3v) is 6.81. The molecule has 0 bridgehead atoms. The van der Waals surface area contributed by atoms with Crippen molar-refractivity contribution in [2.24, 2.45) is 5.92 Å². The number of fused-ring (bicyclic) bond motifs is 1. The normalized spacial score (nSPS) is 26.8. The Kier molecular flexibility index (Phi) is 4.08. The summed E-state index contributed by atoms with van der Waals surface area (Å²) in [5.41, 5.74) is 2.53. The summed E-state index contributed by atoms with van der Waals surface area (Å²) in [6.07, 6.45) is 4.11. The van der Waals surface area contributed by atoms with Gasteiger partial charge in [0.1, 0.15) is 0 Å². The standard InChI is InChI=1S/C16H24N2O2S/c1-12-11-18(9-8-16(12)17-2)21(19,20)15-7-6-13-4-3-5-14(13)10-15/h6-7,10,12,16-17H,3-5,8-9,11H2,1-2H3. The number of sulfonamides is 1. The Balaban J connectivity index is 1.84. The number of aryl methyl sites for hydroxylation is 2. The maximum absolute atomic E-state index is 12.8. The van der Waals surface area contributed by atoms with Gasteiger partial charge in [0.15, 0.2) is 0 Å². The number of hydrogen-bond donors (Lipinski definition) is 1. The van der Waals surface area contributed by atoms with Crippen LogP contribution in [0.5, 0.6) is 0 Å². The first-order valence-corrected chi connectivity index (χ1v) is 9.25. The Morgan fingerprint density at radius 2 is 2.00 bits per heavy atom. The summed E-state index contributed by atoms with van der Waals surface area (Å²) >= 11 is 0. The Bertz CT molecular complexity index is 627. The van der Waals surface area contributed by atoms with Crippen molar-refractivity contribution < 1.29 is 8.42 Å². The monoisotopic (exact) mass is 308 g/mol. The van der Waals surface area contributed by atoms with Gasteiger partial charge in [-0.1, -0.05) is 13.0 Å². The average Bonchev–Trinajstić information content (AvgIpc) is 2.94. The molecule has 0 saturated carbocycles. The van der Waals surface area contributed by atoms with Crippen molar-refractivity contribution >= 4 is 10.0 Å². The SMILES string of the molecule is CNC1CCN(S(=O)(=O)c2ccc3c(c2)CCC3)CC1C. The zero-order valence-electron chi connectivity index (χ0n) is 12.8. The number of rotatable bonds is 3. The van der Waals surface area contributed by atoms with Crippen LogP contribution in [0.1, 0.15) is 30.9 Å². The van der Waals surface area contributed by atoms with Gasteiger partial charge in [-0.15, -0.1) is 0 Å². The van der Waals surface area contributed by atoms with Gasteiger partial charge in [0, 0.05) is 19.1 Å². The van der Waals surface area contributed by atoms with Gasteiger partial charge in [-0.05, 0) is 61.9 Å². The molecule has 3 rings (SSSR count). The zero-order valence-corrected chi connectivity index (χ0v) is 13.6. The lowest BCUT2D eigenvalue weighted by molar-refractivity contribution is 0.228. The maximum atomic E-state index is 12.8. The minimum absolute atomic E-state index is 0.341. The lowest BCUT2D eigenvalue weighted by Gasteiger charge is -2.36. The molecule has 1 aromatic carbocycles. The van der Waals surface area contributed by atoms with Gasteiger partial charge < -0.3 is 5.32 Å². The third-order valence-electron chi connectivity index (χ3n) is 4.95. The van der Waals surface area contributed by atoms with E-state index in [1.165, 1.54) is 11.1 Å². The second-order valence-corrected chi connectivity index (χ2v) is 8.25. The second-order valence-electron chi connectivity index (χ2n) is 6.31. The molecule has 4 nitrogen and oxygen atoms in total. The van der Waals surface area contributed by atoms with Crippen molar-refractivity contribution in [2.45, 2.75) is 43.5 Å². The van der Waals surface area contributed by atoms with Gasteiger partial charge >= 0.3 is 0 Å². The van der Waals surface area contributed by atoms with Crippen molar-refractivity contribution in [1.29, 1.82) is 0 Å². The second kappa shape index (κ2) is 5.71. The molecular formula is C16H24N2O2S. The van der Waals surface area contributed by atoms with E-state index in [-0.39, 0.29) is 0 Å². The van der Waals surface area contributed by atoms with Crippen LogP contribution in [0.2, 0.25) is 0 Å². The molecule has 21 heavy (non-hydrogen) atoms. The largest absolute Gasteiger partial charge is 0.317 e. The lowest BCUT2D eigenvalue weighted by atomic mass is 9.96. The summed E-state index contributed by atoms with van der Waals surface area (Å²) in [4.78, 5) is 0.471. The summed E-state index contributed by atoms with van der Waals surface area (Å²) in [6.45, 7) is 3.33. The molecule has 116 valence electrons. The van der Waals surface area contributed by atoms with E-state index in [9.17, 15) is 8.42 Å². The summed E-state index contributed by atoms with van der Waals surface area (Å²) in [5, 5.41) is 3.28. The summed E-state index contributed by atoms with van der Waals surface area (Å²) in [6, 6.07) is 6.09. The number of benzene rings is 1. The van der Waals surface area contributed by atoms with Gasteiger partial charge in [0.25, 0.3) is 0 Å². The van der Waals surface area contributed by atoms with Crippen LogP contribution in [0.25, 0.3) is 0 Å². The van der Waals surface area contributed by atoms with Crippen LogP contribution in [0.3, 0.4) is 0 Å². The molecule has 0 spiro atoms. The average molecular weight is 308 g/mol. The minimum atomic E-state index is -3.34. The van der Waals surface area contributed by atoms with Crippen molar-refractivity contribution in [3.8, 4) is 0 Å². The summed E-state index contributed by atoms with van der Waals surface area (Å²) < 4.78 is 27.3. The predicted octanol–water partition coefficient (Wildman–Crippen LogP) is 1.79. The van der Waals surface area contributed by atoms with Crippen molar-refractivity contribution in [3.05, 3.63) is 29.3 Å². The lowest BCUT2D eigenvalue weighted by Crippen LogP contribution is -2.49. The van der Waals surface area contributed by atoms with Gasteiger partial charge in [-0.3, -0.25) is 0 Å². The highest BCUT2D eigenvalue weighted by Crippen LogP contribution is 2.28. The third kappa shape index (κ3) is 2.74. The van der Waals surface area contributed by atoms with E-state index in [0.717, 1.165) is 25.7 Å². The summed E-state index contributed by atoms with van der Waals surface area (Å²) in [7, 11) is -1.39. The first-order valence-electron chi connectivity index (χ1n) is 7.81. The van der Waals surface area contributed by atoms with Crippen molar-refractivity contribution in [2.75, 3.05) is 20.1 Å². The van der Waals surface area contributed by atoms with Gasteiger partial charge in [-0.25, -0.2) is 8.42 Å². The van der Waals surface area contributed by atoms with Crippen LogP contribution in [0.15, 0.2) is 23.1 Å². The first-order chi connectivity index (χ1) is 10.0. The molecule has 0 amide bonds. The van der Waals surface area contributed by atoms with E-state index in [1.807, 2.05) is 19.2 Å². The molecule has 1 aromatic rings. The van der Waals surface area contributed by atoms with Crippen molar-refractivity contribution in [1.82, 2.24) is 9.62 Å². The molecular weight excluding hydrogens is 284 g/mol. The van der Waals surface area contributed by atoms with E-state index in [1.54, 1.807) is 10.4 Å². The minimum Gasteiger partial charge on any atom is -0.317 e. The van der Waals surface area contributed by atoms with Crippen LogP contribution in [0.4, 0.5) is 0 Å². The Labute approximate surface area is 127 Å². The van der Waals surface area contributed by atoms with Gasteiger partial charge in [0.2, 0.25) is 10.0 Å². The van der Waals surface area contributed by atoms with E-state index >= 15 is 0 Å². The molecule has 1 aliphatic heterocycles. The molecule has 0 aromatic heterocycles. The highest BCUT2D eigenvalue weighted by Gasteiger charge is 2.33. The van der Waals surface area contributed by atoms with Gasteiger partial charge in [-0.2, -0.15) is 4.31 Å². The fraction of sp³-hybridized carbons (Fsp3) is 0.625. The van der Waals surface area contributed by atoms with E-state index < -0.39 is 10.0 Å². The molecule has 2 atom stereocenters. The quantitative estimate of drug-likeness (QED) is 0.926. The van der Waals surface area contributed by atoms with Gasteiger partial charge in [0.05, 0.1) is 4.90 Å². The fourth-order valence-corrected chi connectivity index (χ4v) is 5.22. The number of piperidine rings is 1. The Morgan fingerprint density at radius 3 is 2.71 bits per heavy atom. The molecule has 2 unspecified atom stereocenters. The van der Waals surface area contributed by atoms with Crippen LogP contribution < -0.4 is 5.32 Å². The highest BCUT2D eigenvalue weighted by atomic mass is 32.2. The molecule has 1 saturated heterocycles. The summed E-state index contributed by atoms with van der Waals surface area (Å²) in [5.74, 6) is 0.341. The Hall–Kier alpha value is -0.910. The van der Waals surface area contributed by atoms with Crippen LogP contribution in [-0.2, 0) is 22.9 Å². The molecule has 1 fully saturated rings. The topological polar surface area (TPSA) is 49.4 Å². The highest BCUT2D eigenvalue weighted by molar-refractivity contribution is 7.89. The number of hydrogen-bond acceptors (Lipinski definition) is 3. The van der Waals surface area contributed by atoms with E-state index in [2.05, 4.69) is 12.2 Å². The fourth-order valence-electron chi connectivity index (χ4n) is 3.61. The smallest absolute Gasteiger partial charge is 0.243 e. The van der Waals surface area contributed by atoms with Crippen LogP contribution >= 0.6 is 0 Å². The van der Waals surface area contributed by atoms with Crippen LogP contribution in [-0.4, -0.2) is 38.9 Å². The predicted molar refractivity (Wildman–Crippen MR) is 83.9 cm³/mol. The molecule has 5 heteroatoms. The van der Waals surface area contributed by atoms with Crippen LogP contribution in [0, 0.1) is 5.92 Å². The Morgan fingerprint density at radius 1 is 1.24 bits per heavy atom. The number of nitrogens with one attached hydrogen (secondary N) is 1. The number of nitrogens with zero attached hydrogens (tertiary/aromatic N) is 1. The molecule has 2 aliphatic rings. The van der Waals surface area contributed by atoms with Crippen molar-refractivity contribution in [3.63, 3.8) is 0 Å². The van der Waals surface area contributed by atoms with E-state index in [0.29, 0.717) is 29.9 Å². The molecule has 1 aliphatic carbocycles. The molecule has 1 heterocycles. The molecule has 0 radical (unpaired) electrons. The van der Waals surface area contributed by atoms with E-state index in [4.69, 9.17) is 0 Å². The maximum Gasteiger partial charge on any atom is 0.243 e. The zero-order chi connectivity index (χ0) is 15.0. The first kappa shape index (κ1) is 15.0. The molecule has 1 N–H and O–H groups in total.